The van der Waals surface area contributed by atoms with Crippen molar-refractivity contribution in [3.8, 4) is 0 Å². The maximum absolute atomic E-state index is 12.9. The predicted octanol–water partition coefficient (Wildman–Crippen LogP) is 20.5. The lowest BCUT2D eigenvalue weighted by atomic mass is 10.1. The maximum atomic E-state index is 12.9. The molecule has 0 N–H and O–H groups in total. The molecule has 0 radical (unpaired) electrons. The van der Waals surface area contributed by atoms with Crippen molar-refractivity contribution in [1.29, 1.82) is 0 Å². The molecule has 0 saturated heterocycles. The Kier molecular flexibility index (Phi) is 57.5. The summed E-state index contributed by atoms with van der Waals surface area (Å²) < 4.78 is 16.8. The van der Waals surface area contributed by atoms with Crippen LogP contribution in [0.1, 0.15) is 239 Å². The van der Waals surface area contributed by atoms with E-state index in [0.29, 0.717) is 19.3 Å². The van der Waals surface area contributed by atoms with Gasteiger partial charge in [-0.25, -0.2) is 0 Å². The normalized spacial score (nSPS) is 13.3. The lowest BCUT2D eigenvalue weighted by Crippen LogP contribution is -2.30. The summed E-state index contributed by atoms with van der Waals surface area (Å²) >= 11 is 0. The first-order valence-electron chi connectivity index (χ1n) is 30.1. The first-order valence-corrected chi connectivity index (χ1v) is 30.1. The van der Waals surface area contributed by atoms with Gasteiger partial charge in [-0.3, -0.25) is 14.4 Å². The highest BCUT2D eigenvalue weighted by atomic mass is 16.6. The van der Waals surface area contributed by atoms with Gasteiger partial charge in [-0.05, 0) is 109 Å². The van der Waals surface area contributed by atoms with Gasteiger partial charge in [-0.15, -0.1) is 0 Å². The van der Waals surface area contributed by atoms with Crippen LogP contribution in [0.2, 0.25) is 0 Å². The zero-order valence-corrected chi connectivity index (χ0v) is 48.0. The Bertz CT molecular complexity index is 1710. The number of hydrogen-bond acceptors (Lipinski definition) is 6. The van der Waals surface area contributed by atoms with Crippen molar-refractivity contribution in [2.45, 2.75) is 245 Å². The quantitative estimate of drug-likeness (QED) is 0.0199. The number of ether oxygens (including phenoxy) is 3. The third-order valence-corrected chi connectivity index (χ3v) is 12.2. The smallest absolute Gasteiger partial charge is 0.306 e. The second kappa shape index (κ2) is 61.6. The van der Waals surface area contributed by atoms with E-state index in [2.05, 4.69) is 106 Å². The molecular formula is C69H108O6. The molecule has 0 aliphatic rings. The van der Waals surface area contributed by atoms with Gasteiger partial charge in [0.05, 0.1) is 0 Å². The number of unbranched alkanes of at least 4 members (excludes halogenated alkanes) is 21. The molecule has 0 bridgehead atoms. The van der Waals surface area contributed by atoms with E-state index in [9.17, 15) is 14.4 Å². The number of carbonyl (C=O) groups excluding carboxylic acids is 3. The van der Waals surface area contributed by atoms with Gasteiger partial charge in [0.2, 0.25) is 0 Å². The minimum Gasteiger partial charge on any atom is -0.462 e. The van der Waals surface area contributed by atoms with E-state index in [1.54, 1.807) is 0 Å². The van der Waals surface area contributed by atoms with Crippen molar-refractivity contribution >= 4 is 17.9 Å². The van der Waals surface area contributed by atoms with E-state index in [0.717, 1.165) is 96.3 Å². The van der Waals surface area contributed by atoms with Crippen molar-refractivity contribution in [2.24, 2.45) is 0 Å². The monoisotopic (exact) mass is 1030 g/mol. The highest BCUT2D eigenvalue weighted by molar-refractivity contribution is 5.71. The predicted molar refractivity (Wildman–Crippen MR) is 325 cm³/mol. The van der Waals surface area contributed by atoms with Crippen molar-refractivity contribution in [3.05, 3.63) is 158 Å². The second-order valence-corrected chi connectivity index (χ2v) is 19.3. The van der Waals surface area contributed by atoms with Crippen LogP contribution in [0, 0.1) is 0 Å². The van der Waals surface area contributed by atoms with E-state index >= 15 is 0 Å². The van der Waals surface area contributed by atoms with Crippen molar-refractivity contribution in [3.63, 3.8) is 0 Å². The van der Waals surface area contributed by atoms with E-state index in [-0.39, 0.29) is 44.0 Å². The summed E-state index contributed by atoms with van der Waals surface area (Å²) in [5.74, 6) is -1.00. The third-order valence-electron chi connectivity index (χ3n) is 12.2. The zero-order valence-electron chi connectivity index (χ0n) is 48.0. The summed E-state index contributed by atoms with van der Waals surface area (Å²) in [6, 6.07) is 0. The largest absolute Gasteiger partial charge is 0.462 e. The van der Waals surface area contributed by atoms with Crippen molar-refractivity contribution in [1.82, 2.24) is 0 Å². The maximum Gasteiger partial charge on any atom is 0.306 e. The fourth-order valence-electron chi connectivity index (χ4n) is 7.74. The van der Waals surface area contributed by atoms with Crippen LogP contribution in [-0.2, 0) is 28.6 Å². The fraction of sp³-hybridized carbons (Fsp3) is 0.580. The molecule has 0 aromatic carbocycles. The molecule has 0 aromatic rings. The Morgan fingerprint density at radius 2 is 0.587 bits per heavy atom. The third kappa shape index (κ3) is 59.8. The lowest BCUT2D eigenvalue weighted by molar-refractivity contribution is -0.167. The van der Waals surface area contributed by atoms with Crippen LogP contribution in [0.15, 0.2) is 158 Å². The second-order valence-electron chi connectivity index (χ2n) is 19.3. The van der Waals surface area contributed by atoms with Gasteiger partial charge in [-0.2, -0.15) is 0 Å². The van der Waals surface area contributed by atoms with Gasteiger partial charge in [0.25, 0.3) is 0 Å². The molecule has 6 nitrogen and oxygen atoms in total. The number of carbonyl (C=O) groups is 3. The topological polar surface area (TPSA) is 78.9 Å². The highest BCUT2D eigenvalue weighted by Gasteiger charge is 2.19. The molecular weight excluding hydrogens is 925 g/mol. The SMILES string of the molecule is CC\C=C/C=C\C=C/C=C\C=C\C=C/C=C\CCCCCC(=O)OCC(COC(=O)CCCCCCCCC/C=C\CCCCCCCCCC)OC(=O)CCCCC/C=C\C/C=C\C/C=C\C/C=C\C/C=C\CC. The molecule has 6 heteroatoms. The summed E-state index contributed by atoms with van der Waals surface area (Å²) in [4.78, 5) is 38.3. The first kappa shape index (κ1) is 70.0. The molecule has 1 unspecified atom stereocenters. The molecule has 0 aliphatic heterocycles. The standard InChI is InChI=1S/C69H108O6/c1-4-7-10-13-16-19-22-25-28-31-34-37-40-43-46-49-52-55-58-61-67(70)73-64-66(75-69(72)63-60-57-54-51-48-45-42-39-36-33-30-27-24-21-18-15-12-9-6-3)65-74-68(71)62-59-56-53-50-47-44-41-38-35-32-29-26-23-20-17-14-11-8-5-2/h7,9-10,12-13,16,18-19,21-22,25,27-28,30-32,34-37,39-40,43,45-46,48,66H,4-6,8,11,14-15,17,20,23-24,26,29,33,38,41-42,44,47,49-65H2,1-3H3/b10-7-,12-9-,16-13-,21-18-,22-19-,28-25-,30-27-,34-31+,35-32-,39-36-,40-37-,46-43-,48-45-. The Morgan fingerprint density at radius 3 is 1.00 bits per heavy atom. The molecule has 420 valence electrons. The number of esters is 3. The minimum absolute atomic E-state index is 0.116. The number of allylic oxidation sites excluding steroid dienone is 26. The molecule has 0 rings (SSSR count). The van der Waals surface area contributed by atoms with Crippen LogP contribution in [0.4, 0.5) is 0 Å². The summed E-state index contributed by atoms with van der Waals surface area (Å²) in [6.45, 7) is 6.30. The molecule has 0 heterocycles. The highest BCUT2D eigenvalue weighted by Crippen LogP contribution is 2.14. The van der Waals surface area contributed by atoms with E-state index < -0.39 is 6.10 Å². The summed E-state index contributed by atoms with van der Waals surface area (Å²) in [7, 11) is 0. The summed E-state index contributed by atoms with van der Waals surface area (Å²) in [5, 5.41) is 0. The fourth-order valence-corrected chi connectivity index (χ4v) is 7.74. The Hall–Kier alpha value is -4.97. The van der Waals surface area contributed by atoms with Gasteiger partial charge < -0.3 is 14.2 Å². The Labute approximate surface area is 460 Å². The van der Waals surface area contributed by atoms with E-state index in [1.807, 2.05) is 72.9 Å². The van der Waals surface area contributed by atoms with E-state index in [1.165, 1.54) is 89.9 Å². The zero-order chi connectivity index (χ0) is 54.3. The Morgan fingerprint density at radius 1 is 0.293 bits per heavy atom. The van der Waals surface area contributed by atoms with Crippen LogP contribution >= 0.6 is 0 Å². The van der Waals surface area contributed by atoms with Crippen LogP contribution < -0.4 is 0 Å². The molecule has 0 spiro atoms. The molecule has 0 aliphatic carbocycles. The van der Waals surface area contributed by atoms with Crippen LogP contribution in [0.3, 0.4) is 0 Å². The van der Waals surface area contributed by atoms with Gasteiger partial charge in [0.1, 0.15) is 13.2 Å². The molecule has 0 amide bonds. The van der Waals surface area contributed by atoms with Gasteiger partial charge in [0, 0.05) is 19.3 Å². The first-order chi connectivity index (χ1) is 37.0. The molecule has 0 aromatic heterocycles. The summed E-state index contributed by atoms with van der Waals surface area (Å²) in [6.07, 6.45) is 89.4. The molecule has 0 saturated carbocycles. The van der Waals surface area contributed by atoms with E-state index in [4.69, 9.17) is 14.2 Å². The van der Waals surface area contributed by atoms with Gasteiger partial charge >= 0.3 is 17.9 Å². The van der Waals surface area contributed by atoms with Crippen LogP contribution in [-0.4, -0.2) is 37.2 Å². The van der Waals surface area contributed by atoms with Crippen LogP contribution in [0.5, 0.6) is 0 Å². The molecule has 75 heavy (non-hydrogen) atoms. The van der Waals surface area contributed by atoms with Crippen molar-refractivity contribution < 1.29 is 28.6 Å². The van der Waals surface area contributed by atoms with Gasteiger partial charge in [0.15, 0.2) is 6.10 Å². The number of hydrogen-bond donors (Lipinski definition) is 0. The minimum atomic E-state index is -0.826. The molecule has 1 atom stereocenters. The average Bonchev–Trinajstić information content (AvgIpc) is 3.41. The summed E-state index contributed by atoms with van der Waals surface area (Å²) in [5.41, 5.74) is 0. The number of rotatable bonds is 52. The lowest BCUT2D eigenvalue weighted by Gasteiger charge is -2.18. The average molecular weight is 1030 g/mol. The van der Waals surface area contributed by atoms with Crippen molar-refractivity contribution in [2.75, 3.05) is 13.2 Å². The van der Waals surface area contributed by atoms with Gasteiger partial charge in [-0.1, -0.05) is 269 Å². The van der Waals surface area contributed by atoms with Crippen LogP contribution in [0.25, 0.3) is 0 Å². The Balaban J connectivity index is 4.58. The molecule has 0 fully saturated rings.